The number of aryl methyl sites for hydroxylation is 1. The standard InChI is InChI=1S/C26H23F6IO4S2/c1-10(2)22(34)36-8-15-12(5)17(14(7)38-15)19-20(25(29,30)26(31,32)24(19,27)28)18-13(6)16(39-21(18)33)9-37-23(35)11(3)4/h1,3,8-9H2,2,4-7H3. The lowest BCUT2D eigenvalue weighted by Crippen LogP contribution is -2.49. The quantitative estimate of drug-likeness (QED) is 0.120. The Labute approximate surface area is 242 Å². The molecule has 0 saturated heterocycles. The van der Waals surface area contributed by atoms with E-state index in [1.165, 1.54) is 34.6 Å². The van der Waals surface area contributed by atoms with E-state index in [0.717, 1.165) is 22.7 Å². The van der Waals surface area contributed by atoms with Crippen molar-refractivity contribution in [1.29, 1.82) is 0 Å². The van der Waals surface area contributed by atoms with Crippen LogP contribution in [0.2, 0.25) is 0 Å². The molecular formula is C26H23F6IO4S2. The highest BCUT2D eigenvalue weighted by atomic mass is 127. The van der Waals surface area contributed by atoms with Gasteiger partial charge >= 0.3 is 29.7 Å². The Morgan fingerprint density at radius 2 is 1.15 bits per heavy atom. The average molecular weight is 704 g/mol. The number of thiophene rings is 2. The molecular weight excluding hydrogens is 681 g/mol. The molecule has 0 atom stereocenters. The van der Waals surface area contributed by atoms with Gasteiger partial charge in [-0.2, -0.15) is 26.3 Å². The first-order valence-corrected chi connectivity index (χ1v) is 13.9. The summed E-state index contributed by atoms with van der Waals surface area (Å²) in [5, 5.41) is 0. The third kappa shape index (κ3) is 5.09. The normalized spacial score (nSPS) is 17.3. The maximum Gasteiger partial charge on any atom is 0.380 e. The fourth-order valence-corrected chi connectivity index (χ4v) is 7.58. The molecule has 3 rings (SSSR count). The van der Waals surface area contributed by atoms with Gasteiger partial charge in [-0.3, -0.25) is 0 Å². The second kappa shape index (κ2) is 10.7. The second-order valence-electron chi connectivity index (χ2n) is 9.07. The summed E-state index contributed by atoms with van der Waals surface area (Å²) < 4.78 is 102. The van der Waals surface area contributed by atoms with Gasteiger partial charge < -0.3 is 9.47 Å². The van der Waals surface area contributed by atoms with Crippen LogP contribution in [0.15, 0.2) is 24.3 Å². The van der Waals surface area contributed by atoms with Crippen LogP contribution in [0.4, 0.5) is 26.3 Å². The van der Waals surface area contributed by atoms with Crippen molar-refractivity contribution in [2.24, 2.45) is 0 Å². The minimum Gasteiger partial charge on any atom is -0.457 e. The van der Waals surface area contributed by atoms with Crippen LogP contribution in [-0.2, 0) is 32.3 Å². The summed E-state index contributed by atoms with van der Waals surface area (Å²) in [6, 6.07) is 0. The number of hydrogen-bond acceptors (Lipinski definition) is 6. The SMILES string of the molecule is C=C(C)C(=O)OCc1sc(C)c(C2=C(c3c(I)sc(COC(=O)C(=C)C)c3C)C(F)(F)C(F)(F)C2(F)F)c1C. The van der Waals surface area contributed by atoms with Gasteiger partial charge in [-0.05, 0) is 68.3 Å². The van der Waals surface area contributed by atoms with Crippen LogP contribution >= 0.6 is 45.3 Å². The molecule has 0 amide bonds. The second-order valence-corrected chi connectivity index (χ2v) is 13.3. The summed E-state index contributed by atoms with van der Waals surface area (Å²) in [4.78, 5) is 24.2. The van der Waals surface area contributed by atoms with Crippen molar-refractivity contribution in [1.82, 2.24) is 0 Å². The minimum atomic E-state index is -5.73. The summed E-state index contributed by atoms with van der Waals surface area (Å²) in [5.41, 5.74) is -3.67. The molecule has 1 aliphatic carbocycles. The van der Waals surface area contributed by atoms with Gasteiger partial charge in [0, 0.05) is 48.1 Å². The van der Waals surface area contributed by atoms with E-state index in [0.29, 0.717) is 0 Å². The van der Waals surface area contributed by atoms with Crippen LogP contribution in [0, 0.1) is 23.7 Å². The lowest BCUT2D eigenvalue weighted by molar-refractivity contribution is -0.254. The zero-order valence-corrected chi connectivity index (χ0v) is 25.2. The first-order valence-electron chi connectivity index (χ1n) is 11.2. The molecule has 0 saturated carbocycles. The van der Waals surface area contributed by atoms with Crippen LogP contribution in [0.3, 0.4) is 0 Å². The summed E-state index contributed by atoms with van der Waals surface area (Å²) in [5.74, 6) is -17.7. The number of rotatable bonds is 8. The molecule has 0 N–H and O–H groups in total. The Bertz CT molecular complexity index is 1330. The third-order valence-electron chi connectivity index (χ3n) is 6.16. The van der Waals surface area contributed by atoms with Gasteiger partial charge in [0.2, 0.25) is 0 Å². The molecule has 0 spiro atoms. The molecule has 2 heterocycles. The first kappa shape index (κ1) is 31.4. The molecule has 4 nitrogen and oxygen atoms in total. The van der Waals surface area contributed by atoms with Gasteiger partial charge in [0.05, 0.1) is 2.88 Å². The van der Waals surface area contributed by atoms with Crippen LogP contribution in [-0.4, -0.2) is 29.7 Å². The van der Waals surface area contributed by atoms with Gasteiger partial charge in [0.1, 0.15) is 13.2 Å². The lowest BCUT2D eigenvalue weighted by Gasteiger charge is -2.26. The Morgan fingerprint density at radius 1 is 0.769 bits per heavy atom. The molecule has 0 aliphatic heterocycles. The summed E-state index contributed by atoms with van der Waals surface area (Å²) in [6.45, 7) is 12.9. The Hall–Kier alpha value is -2.13. The van der Waals surface area contributed by atoms with Crippen LogP contribution in [0.25, 0.3) is 11.1 Å². The summed E-state index contributed by atoms with van der Waals surface area (Å²) in [7, 11) is 0. The van der Waals surface area contributed by atoms with Gasteiger partial charge in [0.15, 0.2) is 0 Å². The molecule has 0 fully saturated rings. The van der Waals surface area contributed by atoms with Crippen LogP contribution < -0.4 is 0 Å². The van der Waals surface area contributed by atoms with Crippen molar-refractivity contribution in [3.05, 3.63) is 64.1 Å². The minimum absolute atomic E-state index is 0.0146. The Kier molecular flexibility index (Phi) is 8.61. The van der Waals surface area contributed by atoms with Crippen molar-refractivity contribution in [2.75, 3.05) is 0 Å². The van der Waals surface area contributed by atoms with Crippen molar-refractivity contribution in [3.63, 3.8) is 0 Å². The molecule has 0 bridgehead atoms. The van der Waals surface area contributed by atoms with Gasteiger partial charge in [0.25, 0.3) is 0 Å². The van der Waals surface area contributed by atoms with Crippen LogP contribution in [0.5, 0.6) is 0 Å². The highest BCUT2D eigenvalue weighted by Crippen LogP contribution is 2.66. The third-order valence-corrected chi connectivity index (χ3v) is 9.59. The highest BCUT2D eigenvalue weighted by Gasteiger charge is 2.80. The maximum atomic E-state index is 15.4. The zero-order chi connectivity index (χ0) is 29.8. The number of esters is 2. The van der Waals surface area contributed by atoms with E-state index in [4.69, 9.17) is 9.47 Å². The number of ether oxygens (including phenoxy) is 2. The topological polar surface area (TPSA) is 52.6 Å². The molecule has 1 aliphatic rings. The summed E-state index contributed by atoms with van der Waals surface area (Å²) in [6.07, 6.45) is 0. The molecule has 212 valence electrons. The van der Waals surface area contributed by atoms with E-state index < -0.39 is 52.0 Å². The lowest BCUT2D eigenvalue weighted by atomic mass is 9.92. The monoisotopic (exact) mass is 704 g/mol. The smallest absolute Gasteiger partial charge is 0.380 e. The predicted molar refractivity (Wildman–Crippen MR) is 146 cm³/mol. The van der Waals surface area contributed by atoms with E-state index in [1.54, 1.807) is 22.6 Å². The van der Waals surface area contributed by atoms with E-state index in [1.807, 2.05) is 0 Å². The zero-order valence-electron chi connectivity index (χ0n) is 21.4. The van der Waals surface area contributed by atoms with Gasteiger partial charge in [-0.15, -0.1) is 22.7 Å². The number of carbonyl (C=O) groups is 2. The fraction of sp³-hybridized carbons (Fsp3) is 0.385. The van der Waals surface area contributed by atoms with Crippen molar-refractivity contribution in [2.45, 2.75) is 65.6 Å². The van der Waals surface area contributed by atoms with Crippen molar-refractivity contribution < 1.29 is 45.4 Å². The number of carbonyl (C=O) groups excluding carboxylic acids is 2. The van der Waals surface area contributed by atoms with Gasteiger partial charge in [-0.25, -0.2) is 9.59 Å². The fourth-order valence-electron chi connectivity index (χ4n) is 4.06. The van der Waals surface area contributed by atoms with E-state index in [9.17, 15) is 18.4 Å². The van der Waals surface area contributed by atoms with Crippen molar-refractivity contribution >= 4 is 68.3 Å². The molecule has 39 heavy (non-hydrogen) atoms. The summed E-state index contributed by atoms with van der Waals surface area (Å²) >= 11 is 3.37. The number of allylic oxidation sites excluding steroid dienone is 2. The largest absolute Gasteiger partial charge is 0.457 e. The highest BCUT2D eigenvalue weighted by molar-refractivity contribution is 14.1. The number of alkyl halides is 6. The number of hydrogen-bond donors (Lipinski definition) is 0. The molecule has 2 aromatic heterocycles. The van der Waals surface area contributed by atoms with Gasteiger partial charge in [-0.1, -0.05) is 13.2 Å². The Morgan fingerprint density at radius 3 is 1.59 bits per heavy atom. The molecule has 13 heteroatoms. The molecule has 2 aromatic rings. The number of halogens is 7. The van der Waals surface area contributed by atoms with E-state index in [-0.39, 0.29) is 53.0 Å². The van der Waals surface area contributed by atoms with E-state index in [2.05, 4.69) is 13.2 Å². The maximum absolute atomic E-state index is 15.4. The predicted octanol–water partition coefficient (Wildman–Crippen LogP) is 8.41. The Balaban J connectivity index is 2.28. The molecule has 0 unspecified atom stereocenters. The average Bonchev–Trinajstić information content (AvgIpc) is 3.29. The van der Waals surface area contributed by atoms with E-state index >= 15 is 17.6 Å². The molecule has 0 aromatic carbocycles. The molecule has 0 radical (unpaired) electrons. The van der Waals surface area contributed by atoms with Crippen LogP contribution in [0.1, 0.15) is 50.7 Å². The first-order chi connectivity index (χ1) is 17.8. The van der Waals surface area contributed by atoms with Crippen molar-refractivity contribution in [3.8, 4) is 0 Å².